The van der Waals surface area contributed by atoms with Crippen molar-refractivity contribution >= 4 is 5.69 Å². The maximum atomic E-state index is 13.8. The number of nitrogens with zero attached hydrogens (tertiary/aromatic N) is 1. The van der Waals surface area contributed by atoms with Gasteiger partial charge in [0, 0.05) is 24.7 Å². The number of nitro groups is 1. The molecule has 1 unspecified atom stereocenters. The minimum Gasteiger partial charge on any atom is -0.392 e. The van der Waals surface area contributed by atoms with Crippen molar-refractivity contribution in [3.05, 3.63) is 39.7 Å². The monoisotopic (exact) mass is 284 g/mol. The summed E-state index contributed by atoms with van der Waals surface area (Å²) in [6, 6.07) is 4.09. The summed E-state index contributed by atoms with van der Waals surface area (Å²) in [7, 11) is 0. The Morgan fingerprint density at radius 2 is 2.05 bits per heavy atom. The molecule has 5 nitrogen and oxygen atoms in total. The number of aliphatic hydroxyl groups is 1. The van der Waals surface area contributed by atoms with Gasteiger partial charge in [-0.1, -0.05) is 38.8 Å². The second-order valence-corrected chi connectivity index (χ2v) is 4.78. The molecule has 112 valence electrons. The molecular formula is C14H21FN2O3. The lowest BCUT2D eigenvalue weighted by Gasteiger charge is -2.20. The highest BCUT2D eigenvalue weighted by Crippen LogP contribution is 2.20. The highest BCUT2D eigenvalue weighted by molar-refractivity contribution is 5.36. The van der Waals surface area contributed by atoms with Gasteiger partial charge in [0.15, 0.2) is 0 Å². The van der Waals surface area contributed by atoms with Crippen LogP contribution < -0.4 is 5.32 Å². The van der Waals surface area contributed by atoms with Crippen molar-refractivity contribution in [3.63, 3.8) is 0 Å². The lowest BCUT2D eigenvalue weighted by molar-refractivity contribution is -0.387. The molecule has 1 aromatic carbocycles. The van der Waals surface area contributed by atoms with Crippen LogP contribution in [-0.2, 0) is 6.54 Å². The Morgan fingerprint density at radius 3 is 2.60 bits per heavy atom. The van der Waals surface area contributed by atoms with Crippen LogP contribution in [0.3, 0.4) is 0 Å². The van der Waals surface area contributed by atoms with E-state index in [-0.39, 0.29) is 18.0 Å². The van der Waals surface area contributed by atoms with Crippen LogP contribution in [-0.4, -0.2) is 22.7 Å². The Hall–Kier alpha value is -1.53. The molecule has 0 aliphatic heterocycles. The molecule has 2 N–H and O–H groups in total. The van der Waals surface area contributed by atoms with E-state index in [4.69, 9.17) is 0 Å². The van der Waals surface area contributed by atoms with E-state index in [1.54, 1.807) is 0 Å². The van der Waals surface area contributed by atoms with Crippen molar-refractivity contribution in [1.82, 2.24) is 5.32 Å². The largest absolute Gasteiger partial charge is 0.392 e. The number of aliphatic hydroxyl groups excluding tert-OH is 1. The first-order valence-corrected chi connectivity index (χ1v) is 6.81. The number of hydrogen-bond donors (Lipinski definition) is 2. The quantitative estimate of drug-likeness (QED) is 0.568. The number of rotatable bonds is 8. The van der Waals surface area contributed by atoms with Crippen molar-refractivity contribution in [2.75, 3.05) is 6.54 Å². The van der Waals surface area contributed by atoms with E-state index in [0.29, 0.717) is 6.54 Å². The molecule has 6 heteroatoms. The van der Waals surface area contributed by atoms with E-state index in [1.165, 1.54) is 12.1 Å². The number of nitro benzene ring substituents is 1. The predicted octanol–water partition coefficient (Wildman–Crippen LogP) is 2.62. The Morgan fingerprint density at radius 1 is 1.40 bits per heavy atom. The topological polar surface area (TPSA) is 75.4 Å². The zero-order valence-electron chi connectivity index (χ0n) is 11.8. The number of hydrogen-bond acceptors (Lipinski definition) is 4. The van der Waals surface area contributed by atoms with E-state index in [1.807, 2.05) is 13.8 Å². The zero-order valence-corrected chi connectivity index (χ0v) is 11.8. The van der Waals surface area contributed by atoms with E-state index < -0.39 is 22.5 Å². The molecule has 0 saturated carbocycles. The van der Waals surface area contributed by atoms with Crippen molar-refractivity contribution in [3.8, 4) is 0 Å². The minimum atomic E-state index is -0.818. The summed E-state index contributed by atoms with van der Waals surface area (Å²) in [6.07, 6.45) is 1.27. The smallest absolute Gasteiger partial charge is 0.305 e. The van der Waals surface area contributed by atoms with Crippen molar-refractivity contribution < 1.29 is 14.4 Å². The summed E-state index contributed by atoms with van der Waals surface area (Å²) in [6.45, 7) is 4.52. The van der Waals surface area contributed by atoms with Crippen LogP contribution in [0.25, 0.3) is 0 Å². The number of halogens is 1. The molecule has 0 aromatic heterocycles. The maximum absolute atomic E-state index is 13.8. The lowest BCUT2D eigenvalue weighted by atomic mass is 9.96. The van der Waals surface area contributed by atoms with Crippen LogP contribution in [0.2, 0.25) is 0 Å². The molecule has 0 radical (unpaired) electrons. The molecule has 0 spiro atoms. The molecule has 1 rings (SSSR count). The third-order valence-electron chi connectivity index (χ3n) is 3.52. The highest BCUT2D eigenvalue weighted by atomic mass is 19.1. The standard InChI is InChI=1S/C14H21FN2O3/c1-3-10(4-2)13(18)9-16-8-11-6-5-7-12(14(11)15)17(19)20/h5-7,10,13,16,18H,3-4,8-9H2,1-2H3. The van der Waals surface area contributed by atoms with Crippen LogP contribution in [0.15, 0.2) is 18.2 Å². The normalized spacial score (nSPS) is 12.7. The fraction of sp³-hybridized carbons (Fsp3) is 0.571. The van der Waals surface area contributed by atoms with Gasteiger partial charge >= 0.3 is 5.69 Å². The summed E-state index contributed by atoms with van der Waals surface area (Å²) in [5.41, 5.74) is -0.291. The summed E-state index contributed by atoms with van der Waals surface area (Å²) in [5, 5.41) is 23.5. The molecule has 0 heterocycles. The second-order valence-electron chi connectivity index (χ2n) is 4.78. The van der Waals surface area contributed by atoms with Gasteiger partial charge in [-0.2, -0.15) is 4.39 Å². The van der Waals surface area contributed by atoms with Crippen molar-refractivity contribution in [1.29, 1.82) is 0 Å². The molecule has 20 heavy (non-hydrogen) atoms. The first kappa shape index (κ1) is 16.5. The molecular weight excluding hydrogens is 263 g/mol. The summed E-state index contributed by atoms with van der Waals surface area (Å²) >= 11 is 0. The Kier molecular flexibility index (Phi) is 6.54. The summed E-state index contributed by atoms with van der Waals surface area (Å²) in [5.74, 6) is -0.612. The third-order valence-corrected chi connectivity index (χ3v) is 3.52. The summed E-state index contributed by atoms with van der Waals surface area (Å²) in [4.78, 5) is 9.89. The van der Waals surface area contributed by atoms with E-state index in [0.717, 1.165) is 18.9 Å². The van der Waals surface area contributed by atoms with Gasteiger partial charge in [-0.3, -0.25) is 10.1 Å². The molecule has 1 aromatic rings. The van der Waals surface area contributed by atoms with Gasteiger partial charge in [-0.05, 0) is 5.92 Å². The SMILES string of the molecule is CCC(CC)C(O)CNCc1cccc([N+](=O)[O-])c1F. The molecule has 0 aliphatic carbocycles. The molecule has 0 amide bonds. The first-order chi connectivity index (χ1) is 9.51. The van der Waals surface area contributed by atoms with Crippen LogP contribution in [0.1, 0.15) is 32.3 Å². The zero-order chi connectivity index (χ0) is 15.1. The van der Waals surface area contributed by atoms with E-state index in [2.05, 4.69) is 5.32 Å². The van der Waals surface area contributed by atoms with Gasteiger partial charge < -0.3 is 10.4 Å². The summed E-state index contributed by atoms with van der Waals surface area (Å²) < 4.78 is 13.8. The van der Waals surface area contributed by atoms with Crippen molar-refractivity contribution in [2.45, 2.75) is 39.3 Å². The average molecular weight is 284 g/mol. The van der Waals surface area contributed by atoms with E-state index in [9.17, 15) is 19.6 Å². The Balaban J connectivity index is 2.58. The Bertz CT molecular complexity index is 450. The van der Waals surface area contributed by atoms with Gasteiger partial charge in [-0.25, -0.2) is 0 Å². The van der Waals surface area contributed by atoms with E-state index >= 15 is 0 Å². The van der Waals surface area contributed by atoms with Gasteiger partial charge in [-0.15, -0.1) is 0 Å². The third kappa shape index (κ3) is 4.25. The molecule has 0 fully saturated rings. The van der Waals surface area contributed by atoms with Gasteiger partial charge in [0.05, 0.1) is 11.0 Å². The Labute approximate surface area is 118 Å². The maximum Gasteiger partial charge on any atom is 0.305 e. The average Bonchev–Trinajstić information content (AvgIpc) is 2.41. The fourth-order valence-corrected chi connectivity index (χ4v) is 2.20. The molecule has 0 aliphatic rings. The first-order valence-electron chi connectivity index (χ1n) is 6.81. The molecule has 0 bridgehead atoms. The predicted molar refractivity (Wildman–Crippen MR) is 74.8 cm³/mol. The van der Waals surface area contributed by atoms with Crippen LogP contribution >= 0.6 is 0 Å². The lowest BCUT2D eigenvalue weighted by Crippen LogP contribution is -2.32. The van der Waals surface area contributed by atoms with Crippen molar-refractivity contribution in [2.24, 2.45) is 5.92 Å². The second kappa shape index (κ2) is 7.91. The molecule has 0 saturated heterocycles. The van der Waals surface area contributed by atoms with Gasteiger partial charge in [0.2, 0.25) is 5.82 Å². The number of nitrogens with one attached hydrogen (secondary N) is 1. The molecule has 1 atom stereocenters. The highest BCUT2D eigenvalue weighted by Gasteiger charge is 2.18. The van der Waals surface area contributed by atoms with Crippen LogP contribution in [0, 0.1) is 21.8 Å². The number of benzene rings is 1. The van der Waals surface area contributed by atoms with Gasteiger partial charge in [0.25, 0.3) is 0 Å². The fourth-order valence-electron chi connectivity index (χ4n) is 2.20. The van der Waals surface area contributed by atoms with Crippen LogP contribution in [0.4, 0.5) is 10.1 Å². The minimum absolute atomic E-state index is 0.157. The van der Waals surface area contributed by atoms with Gasteiger partial charge in [0.1, 0.15) is 0 Å². The van der Waals surface area contributed by atoms with Crippen LogP contribution in [0.5, 0.6) is 0 Å².